The summed E-state index contributed by atoms with van der Waals surface area (Å²) in [6.45, 7) is 4.59. The van der Waals surface area contributed by atoms with Gasteiger partial charge in [-0.2, -0.15) is 0 Å². The van der Waals surface area contributed by atoms with Gasteiger partial charge in [-0.05, 0) is 27.1 Å². The molecule has 0 atom stereocenters. The lowest BCUT2D eigenvalue weighted by atomic mass is 10.2. The Morgan fingerprint density at radius 2 is 2.00 bits per heavy atom. The number of carbonyl (C=O) groups excluding carboxylic acids is 1. The van der Waals surface area contributed by atoms with Crippen LogP contribution in [0.5, 0.6) is 0 Å². The fraction of sp³-hybridized carbons (Fsp3) is 0.727. The maximum absolute atomic E-state index is 12.0. The highest BCUT2D eigenvalue weighted by Crippen LogP contribution is 2.20. The Bertz CT molecular complexity index is 568. The van der Waals surface area contributed by atoms with E-state index in [0.717, 1.165) is 17.9 Å². The summed E-state index contributed by atoms with van der Waals surface area (Å²) < 4.78 is 26.3. The Labute approximate surface area is 129 Å². The number of nitrogens with zero attached hydrogens (tertiary/aromatic N) is 3. The standard InChI is InChI=1S/C11H21N5O3S2/c1-8(2)9(17)13-10-14-15-11(20-10)21(18,19)12-6-5-7-16(3)4/h8,12H,5-7H2,1-4H3,(H,13,14,17). The van der Waals surface area contributed by atoms with Crippen LogP contribution in [0.2, 0.25) is 0 Å². The molecule has 0 spiro atoms. The molecular weight excluding hydrogens is 314 g/mol. The first kappa shape index (κ1) is 18.0. The summed E-state index contributed by atoms with van der Waals surface area (Å²) in [5.41, 5.74) is 0. The van der Waals surface area contributed by atoms with E-state index < -0.39 is 10.0 Å². The Balaban J connectivity index is 2.60. The summed E-state index contributed by atoms with van der Waals surface area (Å²) in [6, 6.07) is 0. The molecular formula is C11H21N5O3S2. The van der Waals surface area contributed by atoms with Crippen LogP contribution in [-0.4, -0.2) is 56.6 Å². The second kappa shape index (κ2) is 7.78. The van der Waals surface area contributed by atoms with Crippen LogP contribution >= 0.6 is 11.3 Å². The first-order valence-corrected chi connectivity index (χ1v) is 8.81. The molecule has 0 fully saturated rings. The zero-order valence-corrected chi connectivity index (χ0v) is 14.2. The largest absolute Gasteiger partial charge is 0.309 e. The molecule has 10 heteroatoms. The minimum absolute atomic E-state index is 0.147. The molecule has 0 bridgehead atoms. The van der Waals surface area contributed by atoms with Gasteiger partial charge in [-0.3, -0.25) is 4.79 Å². The zero-order chi connectivity index (χ0) is 16.0. The summed E-state index contributed by atoms with van der Waals surface area (Å²) in [4.78, 5) is 13.5. The molecule has 2 N–H and O–H groups in total. The lowest BCUT2D eigenvalue weighted by Crippen LogP contribution is -2.27. The molecule has 0 aliphatic heterocycles. The van der Waals surface area contributed by atoms with Crippen molar-refractivity contribution >= 4 is 32.4 Å². The molecule has 0 saturated carbocycles. The van der Waals surface area contributed by atoms with Crippen molar-refractivity contribution in [1.82, 2.24) is 19.8 Å². The Morgan fingerprint density at radius 1 is 1.33 bits per heavy atom. The van der Waals surface area contributed by atoms with Gasteiger partial charge in [-0.25, -0.2) is 13.1 Å². The van der Waals surface area contributed by atoms with E-state index in [1.807, 2.05) is 19.0 Å². The SMILES string of the molecule is CC(C)C(=O)Nc1nnc(S(=O)(=O)NCCCN(C)C)s1. The molecule has 1 aromatic rings. The van der Waals surface area contributed by atoms with Crippen molar-refractivity contribution in [3.05, 3.63) is 0 Å². The fourth-order valence-corrected chi connectivity index (χ4v) is 3.30. The topological polar surface area (TPSA) is 104 Å². The van der Waals surface area contributed by atoms with Gasteiger partial charge in [0.15, 0.2) is 0 Å². The molecule has 0 aliphatic carbocycles. The third-order valence-electron chi connectivity index (χ3n) is 2.47. The minimum Gasteiger partial charge on any atom is -0.309 e. The molecule has 1 amide bonds. The van der Waals surface area contributed by atoms with Gasteiger partial charge in [0, 0.05) is 12.5 Å². The highest BCUT2D eigenvalue weighted by molar-refractivity contribution is 7.91. The lowest BCUT2D eigenvalue weighted by Gasteiger charge is -2.09. The van der Waals surface area contributed by atoms with Gasteiger partial charge in [0.2, 0.25) is 15.4 Å². The summed E-state index contributed by atoms with van der Waals surface area (Å²) in [6.07, 6.45) is 0.696. The summed E-state index contributed by atoms with van der Waals surface area (Å²) >= 11 is 0.835. The second-order valence-electron chi connectivity index (χ2n) is 5.07. The van der Waals surface area contributed by atoms with Gasteiger partial charge in [0.1, 0.15) is 0 Å². The number of amides is 1. The number of hydrogen-bond donors (Lipinski definition) is 2. The molecule has 0 unspecified atom stereocenters. The number of rotatable bonds is 8. The highest BCUT2D eigenvalue weighted by atomic mass is 32.2. The van der Waals surface area contributed by atoms with Gasteiger partial charge in [-0.1, -0.05) is 25.2 Å². The van der Waals surface area contributed by atoms with E-state index in [0.29, 0.717) is 13.0 Å². The summed E-state index contributed by atoms with van der Waals surface area (Å²) in [7, 11) is 0.171. The Hall–Kier alpha value is -1.10. The van der Waals surface area contributed by atoms with E-state index in [1.165, 1.54) is 0 Å². The van der Waals surface area contributed by atoms with E-state index in [1.54, 1.807) is 13.8 Å². The molecule has 0 aromatic carbocycles. The van der Waals surface area contributed by atoms with Crippen LogP contribution in [0.4, 0.5) is 5.13 Å². The summed E-state index contributed by atoms with van der Waals surface area (Å²) in [5, 5.41) is 9.98. The average Bonchev–Trinajstić information content (AvgIpc) is 2.83. The first-order valence-electron chi connectivity index (χ1n) is 6.51. The van der Waals surface area contributed by atoms with Crippen LogP contribution in [-0.2, 0) is 14.8 Å². The quantitative estimate of drug-likeness (QED) is 0.525. The number of hydrogen-bond acceptors (Lipinski definition) is 7. The molecule has 21 heavy (non-hydrogen) atoms. The van der Waals surface area contributed by atoms with Gasteiger partial charge in [0.25, 0.3) is 10.0 Å². The van der Waals surface area contributed by atoms with Crippen molar-refractivity contribution in [3.63, 3.8) is 0 Å². The van der Waals surface area contributed by atoms with E-state index in [-0.39, 0.29) is 21.3 Å². The minimum atomic E-state index is -3.67. The molecule has 0 saturated heterocycles. The maximum atomic E-state index is 12.0. The Morgan fingerprint density at radius 3 is 2.57 bits per heavy atom. The third kappa shape index (κ3) is 6.04. The van der Waals surface area contributed by atoms with Crippen molar-refractivity contribution in [2.45, 2.75) is 24.6 Å². The van der Waals surface area contributed by atoms with E-state index >= 15 is 0 Å². The molecule has 1 heterocycles. The van der Waals surface area contributed by atoms with E-state index in [4.69, 9.17) is 0 Å². The van der Waals surface area contributed by atoms with Crippen molar-refractivity contribution < 1.29 is 13.2 Å². The molecule has 8 nitrogen and oxygen atoms in total. The van der Waals surface area contributed by atoms with Crippen molar-refractivity contribution in [2.75, 3.05) is 32.5 Å². The number of nitrogens with one attached hydrogen (secondary N) is 2. The van der Waals surface area contributed by atoms with Crippen LogP contribution in [0, 0.1) is 5.92 Å². The molecule has 1 rings (SSSR count). The summed E-state index contributed by atoms with van der Waals surface area (Å²) in [5.74, 6) is -0.438. The average molecular weight is 335 g/mol. The number of sulfonamides is 1. The van der Waals surface area contributed by atoms with Crippen LogP contribution < -0.4 is 10.0 Å². The molecule has 0 aliphatic rings. The van der Waals surface area contributed by atoms with E-state index in [9.17, 15) is 13.2 Å². The second-order valence-corrected chi connectivity index (χ2v) is 7.99. The predicted octanol–water partition coefficient (Wildman–Crippen LogP) is 0.363. The van der Waals surface area contributed by atoms with Gasteiger partial charge >= 0.3 is 0 Å². The van der Waals surface area contributed by atoms with E-state index in [2.05, 4.69) is 20.2 Å². The predicted molar refractivity (Wildman–Crippen MR) is 81.7 cm³/mol. The third-order valence-corrected chi connectivity index (χ3v) is 5.13. The first-order chi connectivity index (χ1) is 9.72. The van der Waals surface area contributed by atoms with Crippen LogP contribution in [0.3, 0.4) is 0 Å². The molecule has 0 radical (unpaired) electrons. The fourth-order valence-electron chi connectivity index (χ4n) is 1.28. The lowest BCUT2D eigenvalue weighted by molar-refractivity contribution is -0.118. The van der Waals surface area contributed by atoms with Crippen LogP contribution in [0.1, 0.15) is 20.3 Å². The smallest absolute Gasteiger partial charge is 0.269 e. The number of aromatic nitrogens is 2. The molecule has 1 aromatic heterocycles. The van der Waals surface area contributed by atoms with Crippen molar-refractivity contribution in [2.24, 2.45) is 5.92 Å². The Kier molecular flexibility index (Phi) is 6.65. The monoisotopic (exact) mass is 335 g/mol. The van der Waals surface area contributed by atoms with Crippen molar-refractivity contribution in [1.29, 1.82) is 0 Å². The van der Waals surface area contributed by atoms with Crippen LogP contribution in [0.15, 0.2) is 4.34 Å². The van der Waals surface area contributed by atoms with Gasteiger partial charge in [0.05, 0.1) is 0 Å². The van der Waals surface area contributed by atoms with Crippen LogP contribution in [0.25, 0.3) is 0 Å². The normalized spacial score (nSPS) is 12.1. The molecule has 120 valence electrons. The zero-order valence-electron chi connectivity index (χ0n) is 12.6. The van der Waals surface area contributed by atoms with Gasteiger partial charge in [-0.15, -0.1) is 10.2 Å². The number of anilines is 1. The maximum Gasteiger partial charge on any atom is 0.269 e. The highest BCUT2D eigenvalue weighted by Gasteiger charge is 2.20. The van der Waals surface area contributed by atoms with Crippen molar-refractivity contribution in [3.8, 4) is 0 Å². The number of carbonyl (C=O) groups is 1. The van der Waals surface area contributed by atoms with Gasteiger partial charge < -0.3 is 10.2 Å².